The minimum Gasteiger partial charge on any atom is -0.456 e. The molecule has 1 aliphatic heterocycles. The van der Waals surface area contributed by atoms with Crippen LogP contribution in [0.5, 0.6) is 0 Å². The number of para-hydroxylation sites is 2. The predicted molar refractivity (Wildman–Crippen MR) is 198 cm³/mol. The molecule has 10 aromatic rings. The topological polar surface area (TPSA) is 68.5 Å². The summed E-state index contributed by atoms with van der Waals surface area (Å²) < 4.78 is 15.2. The van der Waals surface area contributed by atoms with Crippen molar-refractivity contribution in [3.63, 3.8) is 0 Å². The highest BCUT2D eigenvalue weighted by Gasteiger charge is 2.31. The SMILES string of the molecule is c1ccc2cc3c(cc2c1)c1ccccc1n3C1=NC(c2ccc3oc4ccccc4c3c2)Nc2oc3cc(-c4ccncc4)ccc3c21. The van der Waals surface area contributed by atoms with E-state index in [1.165, 1.54) is 21.5 Å². The lowest BCUT2D eigenvalue weighted by molar-refractivity contribution is 0.608. The normalized spacial score (nSPS) is 14.6. The Kier molecular flexibility index (Phi) is 5.35. The van der Waals surface area contributed by atoms with Crippen molar-refractivity contribution in [1.29, 1.82) is 0 Å². The maximum atomic E-state index is 6.73. The zero-order valence-corrected chi connectivity index (χ0v) is 26.1. The predicted octanol–water partition coefficient (Wildman–Crippen LogP) is 11.1. The lowest BCUT2D eigenvalue weighted by atomic mass is 10.0. The first kappa shape index (κ1) is 26.4. The van der Waals surface area contributed by atoms with Crippen molar-refractivity contribution < 1.29 is 8.83 Å². The number of fused-ring (bicyclic) bond motifs is 10. The van der Waals surface area contributed by atoms with E-state index in [1.807, 2.05) is 48.8 Å². The monoisotopic (exact) mass is 630 g/mol. The molecule has 6 aromatic carbocycles. The lowest BCUT2D eigenvalue weighted by Gasteiger charge is -2.24. The second-order valence-corrected chi connectivity index (χ2v) is 12.7. The van der Waals surface area contributed by atoms with Gasteiger partial charge in [-0.1, -0.05) is 72.8 Å². The van der Waals surface area contributed by atoms with Crippen LogP contribution < -0.4 is 5.32 Å². The average Bonchev–Trinajstić information content (AvgIpc) is 3.82. The molecule has 0 amide bonds. The van der Waals surface area contributed by atoms with Gasteiger partial charge in [-0.05, 0) is 88.1 Å². The number of nitrogens with zero attached hydrogens (tertiary/aromatic N) is 3. The van der Waals surface area contributed by atoms with Gasteiger partial charge in [-0.2, -0.15) is 0 Å². The summed E-state index contributed by atoms with van der Waals surface area (Å²) in [7, 11) is 0. The summed E-state index contributed by atoms with van der Waals surface area (Å²) in [6.07, 6.45) is 3.23. The fraction of sp³-hybridized carbons (Fsp3) is 0.0233. The second kappa shape index (κ2) is 9.92. The molecule has 6 heteroatoms. The average molecular weight is 631 g/mol. The van der Waals surface area contributed by atoms with Crippen LogP contribution in [0.3, 0.4) is 0 Å². The van der Waals surface area contributed by atoms with Crippen LogP contribution in [-0.4, -0.2) is 15.4 Å². The molecule has 0 aliphatic carbocycles. The molecule has 11 rings (SSSR count). The van der Waals surface area contributed by atoms with Gasteiger partial charge in [0.15, 0.2) is 0 Å². The van der Waals surface area contributed by atoms with Gasteiger partial charge in [-0.15, -0.1) is 0 Å². The van der Waals surface area contributed by atoms with Gasteiger partial charge in [-0.25, -0.2) is 4.99 Å². The van der Waals surface area contributed by atoms with Crippen LogP contribution in [0.15, 0.2) is 160 Å². The van der Waals surface area contributed by atoms with Gasteiger partial charge in [-0.3, -0.25) is 9.55 Å². The number of nitrogens with one attached hydrogen (secondary N) is 1. The zero-order chi connectivity index (χ0) is 32.1. The fourth-order valence-corrected chi connectivity index (χ4v) is 7.61. The molecule has 1 atom stereocenters. The molecule has 5 heterocycles. The third-order valence-electron chi connectivity index (χ3n) is 9.91. The third-order valence-corrected chi connectivity index (χ3v) is 9.91. The van der Waals surface area contributed by atoms with Gasteiger partial charge in [0.25, 0.3) is 0 Å². The van der Waals surface area contributed by atoms with Crippen molar-refractivity contribution >= 4 is 77.2 Å². The summed E-state index contributed by atoms with van der Waals surface area (Å²) in [6.45, 7) is 0. The Hall–Kier alpha value is -6.66. The molecule has 1 aliphatic rings. The standard InChI is InChI=1S/C43H26N4O2/c1-2-8-27-23-36-33(21-26(27)7-1)30-9-3-5-11-35(30)47(36)42-40-32-15-13-28(25-17-19-44-20-18-25)24-39(32)49-43(40)46-41(45-42)29-14-16-38-34(22-29)31-10-4-6-12-37(31)48-38/h1-24,41,46H. The van der Waals surface area contributed by atoms with Crippen molar-refractivity contribution in [1.82, 2.24) is 9.55 Å². The number of hydrogen-bond donors (Lipinski definition) is 1. The summed E-state index contributed by atoms with van der Waals surface area (Å²) in [5.41, 5.74) is 8.83. The smallest absolute Gasteiger partial charge is 0.207 e. The van der Waals surface area contributed by atoms with Crippen LogP contribution in [0.25, 0.3) is 76.6 Å². The summed E-state index contributed by atoms with van der Waals surface area (Å²) in [6, 6.07) is 46.7. The number of rotatable bonds is 2. The Balaban J connectivity index is 1.19. The molecule has 230 valence electrons. The molecule has 0 saturated heterocycles. The summed E-state index contributed by atoms with van der Waals surface area (Å²) in [5, 5.41) is 11.6. The molecule has 6 nitrogen and oxygen atoms in total. The van der Waals surface area contributed by atoms with E-state index in [0.29, 0.717) is 5.88 Å². The maximum Gasteiger partial charge on any atom is 0.207 e. The quantitative estimate of drug-likeness (QED) is 0.206. The van der Waals surface area contributed by atoms with Crippen LogP contribution in [-0.2, 0) is 0 Å². The molecule has 49 heavy (non-hydrogen) atoms. The Morgan fingerprint density at radius 3 is 2.20 bits per heavy atom. The zero-order valence-electron chi connectivity index (χ0n) is 26.1. The number of benzene rings is 6. The number of hydrogen-bond acceptors (Lipinski definition) is 5. The third kappa shape index (κ3) is 3.88. The number of pyridine rings is 1. The number of aliphatic imine (C=N–C) groups is 1. The molecular formula is C43H26N4O2. The minimum absolute atomic E-state index is 0.405. The Morgan fingerprint density at radius 2 is 1.31 bits per heavy atom. The maximum absolute atomic E-state index is 6.73. The van der Waals surface area contributed by atoms with Gasteiger partial charge < -0.3 is 14.2 Å². The van der Waals surface area contributed by atoms with Crippen molar-refractivity contribution in [3.05, 3.63) is 157 Å². The molecule has 0 bridgehead atoms. The highest BCUT2D eigenvalue weighted by atomic mass is 16.4. The van der Waals surface area contributed by atoms with E-state index >= 15 is 0 Å². The van der Waals surface area contributed by atoms with Crippen molar-refractivity contribution in [2.45, 2.75) is 6.17 Å². The van der Waals surface area contributed by atoms with Crippen LogP contribution in [0.1, 0.15) is 17.3 Å². The first-order valence-corrected chi connectivity index (χ1v) is 16.4. The summed E-state index contributed by atoms with van der Waals surface area (Å²) in [4.78, 5) is 9.76. The molecule has 0 saturated carbocycles. The highest BCUT2D eigenvalue weighted by molar-refractivity contribution is 6.24. The van der Waals surface area contributed by atoms with Crippen molar-refractivity contribution in [3.8, 4) is 11.1 Å². The molecule has 4 aromatic heterocycles. The number of aromatic nitrogens is 2. The lowest BCUT2D eigenvalue weighted by Crippen LogP contribution is -2.24. The molecule has 0 radical (unpaired) electrons. The molecule has 0 spiro atoms. The largest absolute Gasteiger partial charge is 0.456 e. The first-order chi connectivity index (χ1) is 24.3. The van der Waals surface area contributed by atoms with E-state index in [2.05, 4.69) is 112 Å². The molecule has 1 N–H and O–H groups in total. The van der Waals surface area contributed by atoms with Gasteiger partial charge in [0.05, 0.1) is 16.6 Å². The highest BCUT2D eigenvalue weighted by Crippen LogP contribution is 2.42. The molecule has 0 fully saturated rings. The van der Waals surface area contributed by atoms with Gasteiger partial charge in [0, 0.05) is 39.3 Å². The minimum atomic E-state index is -0.405. The van der Waals surface area contributed by atoms with E-state index < -0.39 is 6.17 Å². The Bertz CT molecular complexity index is 2980. The Morgan fingerprint density at radius 1 is 0.531 bits per heavy atom. The summed E-state index contributed by atoms with van der Waals surface area (Å²) >= 11 is 0. The number of anilines is 1. The van der Waals surface area contributed by atoms with E-state index in [4.69, 9.17) is 13.8 Å². The van der Waals surface area contributed by atoms with Gasteiger partial charge in [0.2, 0.25) is 5.88 Å². The first-order valence-electron chi connectivity index (χ1n) is 16.4. The van der Waals surface area contributed by atoms with Gasteiger partial charge in [0.1, 0.15) is 28.8 Å². The van der Waals surface area contributed by atoms with Crippen LogP contribution >= 0.6 is 0 Å². The van der Waals surface area contributed by atoms with E-state index in [1.54, 1.807) is 0 Å². The van der Waals surface area contributed by atoms with Crippen LogP contribution in [0.2, 0.25) is 0 Å². The Labute approximate surface area is 279 Å². The fourth-order valence-electron chi connectivity index (χ4n) is 7.61. The summed E-state index contributed by atoms with van der Waals surface area (Å²) in [5.74, 6) is 1.54. The number of furan rings is 2. The van der Waals surface area contributed by atoms with Crippen molar-refractivity contribution in [2.75, 3.05) is 5.32 Å². The van der Waals surface area contributed by atoms with E-state index in [0.717, 1.165) is 72.0 Å². The van der Waals surface area contributed by atoms with E-state index in [9.17, 15) is 0 Å². The van der Waals surface area contributed by atoms with Crippen molar-refractivity contribution in [2.24, 2.45) is 4.99 Å². The van der Waals surface area contributed by atoms with Gasteiger partial charge >= 0.3 is 0 Å². The second-order valence-electron chi connectivity index (χ2n) is 12.7. The van der Waals surface area contributed by atoms with E-state index in [-0.39, 0.29) is 0 Å². The molecule has 1 unspecified atom stereocenters. The molecular weight excluding hydrogens is 604 g/mol. The van der Waals surface area contributed by atoms with Crippen LogP contribution in [0, 0.1) is 0 Å². The van der Waals surface area contributed by atoms with Crippen LogP contribution in [0.4, 0.5) is 5.88 Å².